The molecule has 7 heteroatoms. The Labute approximate surface area is 166 Å². The maximum absolute atomic E-state index is 12.5. The second-order valence-corrected chi connectivity index (χ2v) is 6.72. The van der Waals surface area contributed by atoms with Crippen LogP contribution < -0.4 is 20.9 Å². The molecular weight excluding hydrogens is 356 g/mol. The zero-order chi connectivity index (χ0) is 20.7. The Kier molecular flexibility index (Phi) is 7.40. The summed E-state index contributed by atoms with van der Waals surface area (Å²) < 4.78 is 4.97. The first-order chi connectivity index (χ1) is 13.3. The Bertz CT molecular complexity index is 829. The lowest BCUT2D eigenvalue weighted by Gasteiger charge is -2.19. The average molecular weight is 384 g/mol. The third-order valence-corrected chi connectivity index (χ3v) is 4.29. The summed E-state index contributed by atoms with van der Waals surface area (Å²) in [5.74, 6) is -0.223. The molecule has 0 aliphatic rings. The lowest BCUT2D eigenvalue weighted by Crippen LogP contribution is -2.29. The minimum Gasteiger partial charge on any atom is -0.383 e. The standard InChI is InChI=1S/C21H28N4O3/c1-14-7-6-8-15(2)19(14)24-21(27)23-16-9-10-18(25(3)4)17(13-16)20(26)22-11-12-28-5/h6-10,13H,11-12H2,1-5H3,(H,22,26)(H2,23,24,27). The van der Waals surface area contributed by atoms with Gasteiger partial charge in [0.25, 0.3) is 5.91 Å². The fourth-order valence-electron chi connectivity index (χ4n) is 2.83. The summed E-state index contributed by atoms with van der Waals surface area (Å²) >= 11 is 0. The molecule has 0 radical (unpaired) electrons. The zero-order valence-electron chi connectivity index (χ0n) is 17.1. The van der Waals surface area contributed by atoms with Gasteiger partial charge >= 0.3 is 6.03 Å². The predicted molar refractivity (Wildman–Crippen MR) is 114 cm³/mol. The van der Waals surface area contributed by atoms with Gasteiger partial charge in [0, 0.05) is 44.8 Å². The highest BCUT2D eigenvalue weighted by molar-refractivity contribution is 6.04. The Morgan fingerprint density at radius 1 is 1.04 bits per heavy atom. The van der Waals surface area contributed by atoms with E-state index in [-0.39, 0.29) is 11.9 Å². The minimum atomic E-state index is -0.360. The number of nitrogens with zero attached hydrogens (tertiary/aromatic N) is 1. The van der Waals surface area contributed by atoms with Gasteiger partial charge in [-0.2, -0.15) is 0 Å². The van der Waals surface area contributed by atoms with Crippen LogP contribution in [0.15, 0.2) is 36.4 Å². The fraction of sp³-hybridized carbons (Fsp3) is 0.333. The van der Waals surface area contributed by atoms with Crippen molar-refractivity contribution >= 4 is 29.0 Å². The number of hydrogen-bond donors (Lipinski definition) is 3. The SMILES string of the molecule is COCCNC(=O)c1cc(NC(=O)Nc2c(C)cccc2C)ccc1N(C)C. The quantitative estimate of drug-likeness (QED) is 0.639. The number of methoxy groups -OCH3 is 1. The molecule has 0 fully saturated rings. The first-order valence-corrected chi connectivity index (χ1v) is 9.06. The molecule has 0 spiro atoms. The van der Waals surface area contributed by atoms with Gasteiger partial charge in [-0.05, 0) is 43.2 Å². The highest BCUT2D eigenvalue weighted by atomic mass is 16.5. The fourth-order valence-corrected chi connectivity index (χ4v) is 2.83. The maximum atomic E-state index is 12.5. The van der Waals surface area contributed by atoms with Crippen LogP contribution in [0.4, 0.5) is 21.9 Å². The van der Waals surface area contributed by atoms with Crippen molar-refractivity contribution in [2.45, 2.75) is 13.8 Å². The molecule has 0 aliphatic heterocycles. The van der Waals surface area contributed by atoms with E-state index in [1.165, 1.54) is 0 Å². The van der Waals surface area contributed by atoms with Gasteiger partial charge in [0.1, 0.15) is 0 Å². The van der Waals surface area contributed by atoms with Crippen LogP contribution in [0.25, 0.3) is 0 Å². The molecule has 2 rings (SSSR count). The molecule has 2 aromatic rings. The third-order valence-electron chi connectivity index (χ3n) is 4.29. The summed E-state index contributed by atoms with van der Waals surface area (Å²) in [5.41, 5.74) is 4.52. The average Bonchev–Trinajstić information content (AvgIpc) is 2.64. The van der Waals surface area contributed by atoms with Gasteiger partial charge in [-0.25, -0.2) is 4.79 Å². The first-order valence-electron chi connectivity index (χ1n) is 9.06. The second-order valence-electron chi connectivity index (χ2n) is 6.72. The second kappa shape index (κ2) is 9.75. The van der Waals surface area contributed by atoms with Gasteiger partial charge in [-0.3, -0.25) is 4.79 Å². The molecule has 0 atom stereocenters. The van der Waals surface area contributed by atoms with Crippen molar-refractivity contribution in [2.24, 2.45) is 0 Å². The van der Waals surface area contributed by atoms with E-state index in [0.29, 0.717) is 24.4 Å². The zero-order valence-corrected chi connectivity index (χ0v) is 17.1. The summed E-state index contributed by atoms with van der Waals surface area (Å²) in [6.07, 6.45) is 0. The van der Waals surface area contributed by atoms with Crippen LogP contribution in [0.2, 0.25) is 0 Å². The van der Waals surface area contributed by atoms with Crippen LogP contribution in [0.1, 0.15) is 21.5 Å². The van der Waals surface area contributed by atoms with E-state index < -0.39 is 0 Å². The van der Waals surface area contributed by atoms with E-state index in [1.54, 1.807) is 25.3 Å². The maximum Gasteiger partial charge on any atom is 0.323 e. The van der Waals surface area contributed by atoms with Crippen LogP contribution in [-0.2, 0) is 4.74 Å². The van der Waals surface area contributed by atoms with Gasteiger partial charge in [-0.1, -0.05) is 18.2 Å². The summed E-state index contributed by atoms with van der Waals surface area (Å²) in [7, 11) is 5.31. The highest BCUT2D eigenvalue weighted by Crippen LogP contribution is 2.24. The van der Waals surface area contributed by atoms with Gasteiger partial charge in [-0.15, -0.1) is 0 Å². The van der Waals surface area contributed by atoms with Crippen molar-refractivity contribution in [1.29, 1.82) is 0 Å². The molecule has 2 aromatic carbocycles. The van der Waals surface area contributed by atoms with Crippen molar-refractivity contribution in [2.75, 3.05) is 49.9 Å². The van der Waals surface area contributed by atoms with E-state index in [4.69, 9.17) is 4.74 Å². The largest absolute Gasteiger partial charge is 0.383 e. The minimum absolute atomic E-state index is 0.223. The summed E-state index contributed by atoms with van der Waals surface area (Å²) in [6.45, 7) is 4.72. The number of nitrogens with one attached hydrogen (secondary N) is 3. The van der Waals surface area contributed by atoms with E-state index in [2.05, 4.69) is 16.0 Å². The lowest BCUT2D eigenvalue weighted by atomic mass is 10.1. The molecule has 150 valence electrons. The van der Waals surface area contributed by atoms with Crippen molar-refractivity contribution in [3.8, 4) is 0 Å². The van der Waals surface area contributed by atoms with E-state index in [9.17, 15) is 9.59 Å². The Balaban J connectivity index is 2.18. The van der Waals surface area contributed by atoms with Crippen molar-refractivity contribution in [1.82, 2.24) is 5.32 Å². The van der Waals surface area contributed by atoms with Crippen LogP contribution in [0.5, 0.6) is 0 Å². The number of aryl methyl sites for hydroxylation is 2. The van der Waals surface area contributed by atoms with Crippen molar-refractivity contribution in [3.63, 3.8) is 0 Å². The molecule has 0 saturated carbocycles. The number of hydrogen-bond acceptors (Lipinski definition) is 4. The number of anilines is 3. The number of benzene rings is 2. The molecule has 0 heterocycles. The number of para-hydroxylation sites is 1. The first kappa shape index (κ1) is 21.2. The van der Waals surface area contributed by atoms with E-state index in [1.807, 2.05) is 51.0 Å². The molecule has 7 nitrogen and oxygen atoms in total. The predicted octanol–water partition coefficient (Wildman–Crippen LogP) is 3.39. The number of amides is 3. The monoisotopic (exact) mass is 384 g/mol. The number of carbonyl (C=O) groups is 2. The molecule has 28 heavy (non-hydrogen) atoms. The van der Waals surface area contributed by atoms with Crippen LogP contribution in [0.3, 0.4) is 0 Å². The molecular formula is C21H28N4O3. The molecule has 0 aromatic heterocycles. The topological polar surface area (TPSA) is 82.7 Å². The third kappa shape index (κ3) is 5.47. The molecule has 0 bridgehead atoms. The number of urea groups is 1. The Morgan fingerprint density at radius 2 is 1.71 bits per heavy atom. The van der Waals surface area contributed by atoms with Gasteiger partial charge < -0.3 is 25.6 Å². The summed E-state index contributed by atoms with van der Waals surface area (Å²) in [5, 5.41) is 8.49. The lowest BCUT2D eigenvalue weighted by molar-refractivity contribution is 0.0937. The summed E-state index contributed by atoms with van der Waals surface area (Å²) in [6, 6.07) is 10.7. The van der Waals surface area contributed by atoms with Crippen molar-refractivity contribution < 1.29 is 14.3 Å². The van der Waals surface area contributed by atoms with Crippen molar-refractivity contribution in [3.05, 3.63) is 53.1 Å². The van der Waals surface area contributed by atoms with E-state index in [0.717, 1.165) is 22.5 Å². The molecule has 0 unspecified atom stereocenters. The Hall–Kier alpha value is -3.06. The molecule has 3 N–H and O–H groups in total. The smallest absolute Gasteiger partial charge is 0.323 e. The highest BCUT2D eigenvalue weighted by Gasteiger charge is 2.15. The van der Waals surface area contributed by atoms with E-state index >= 15 is 0 Å². The number of ether oxygens (including phenoxy) is 1. The number of carbonyl (C=O) groups excluding carboxylic acids is 2. The molecule has 0 aliphatic carbocycles. The van der Waals surface area contributed by atoms with Crippen LogP contribution in [0, 0.1) is 13.8 Å². The summed E-state index contributed by atoms with van der Waals surface area (Å²) in [4.78, 5) is 26.8. The van der Waals surface area contributed by atoms with Gasteiger partial charge in [0.15, 0.2) is 0 Å². The van der Waals surface area contributed by atoms with Crippen LogP contribution in [-0.4, -0.2) is 46.3 Å². The molecule has 3 amide bonds. The normalized spacial score (nSPS) is 10.3. The number of rotatable bonds is 7. The van der Waals surface area contributed by atoms with Gasteiger partial charge in [0.05, 0.1) is 12.2 Å². The molecule has 0 saturated heterocycles. The van der Waals surface area contributed by atoms with Crippen LogP contribution >= 0.6 is 0 Å². The van der Waals surface area contributed by atoms with Gasteiger partial charge in [0.2, 0.25) is 0 Å². The Morgan fingerprint density at radius 3 is 2.32 bits per heavy atom.